The molecule has 1 saturated heterocycles. The summed E-state index contributed by atoms with van der Waals surface area (Å²) in [6.45, 7) is -0.632. The third-order valence-electron chi connectivity index (χ3n) is 5.55. The van der Waals surface area contributed by atoms with Gasteiger partial charge in [-0.25, -0.2) is 0 Å². The fourth-order valence-corrected chi connectivity index (χ4v) is 3.89. The molecular formula is C21H22O9. The summed E-state index contributed by atoms with van der Waals surface area (Å²) in [6.07, 6.45) is -8.09. The maximum Gasteiger partial charge on any atom is 0.170 e. The van der Waals surface area contributed by atoms with E-state index in [2.05, 4.69) is 0 Å². The first-order valence-corrected chi connectivity index (χ1v) is 9.47. The van der Waals surface area contributed by atoms with Gasteiger partial charge in [0.1, 0.15) is 53.9 Å². The molecule has 1 fully saturated rings. The van der Waals surface area contributed by atoms with Crippen molar-refractivity contribution >= 4 is 5.78 Å². The predicted octanol–water partition coefficient (Wildman–Crippen LogP) is 0.319. The Morgan fingerprint density at radius 1 is 0.933 bits per heavy atom. The van der Waals surface area contributed by atoms with Crippen LogP contribution in [-0.4, -0.2) is 67.4 Å². The van der Waals surface area contributed by atoms with E-state index in [-0.39, 0.29) is 40.6 Å². The molecule has 2 heterocycles. The van der Waals surface area contributed by atoms with Crippen LogP contribution in [0.3, 0.4) is 0 Å². The molecule has 9 nitrogen and oxygen atoms in total. The molecule has 6 atom stereocenters. The molecule has 9 heteroatoms. The van der Waals surface area contributed by atoms with E-state index in [4.69, 9.17) is 9.47 Å². The van der Waals surface area contributed by atoms with Crippen LogP contribution in [0.15, 0.2) is 36.4 Å². The van der Waals surface area contributed by atoms with Gasteiger partial charge in [-0.1, -0.05) is 12.1 Å². The van der Waals surface area contributed by atoms with Gasteiger partial charge in [-0.3, -0.25) is 4.79 Å². The van der Waals surface area contributed by atoms with Gasteiger partial charge in [0.05, 0.1) is 24.2 Å². The van der Waals surface area contributed by atoms with Crippen molar-refractivity contribution in [3.05, 3.63) is 53.1 Å². The monoisotopic (exact) mass is 418 g/mol. The van der Waals surface area contributed by atoms with Crippen LogP contribution in [0.2, 0.25) is 0 Å². The number of aromatic hydroxyl groups is 2. The molecule has 0 bridgehead atoms. The molecule has 4 rings (SSSR count). The normalized spacial score (nSPS) is 31.1. The highest BCUT2D eigenvalue weighted by molar-refractivity contribution is 6.00. The topological polar surface area (TPSA) is 157 Å². The van der Waals surface area contributed by atoms with Crippen molar-refractivity contribution in [1.29, 1.82) is 0 Å². The molecule has 2 aliphatic heterocycles. The van der Waals surface area contributed by atoms with E-state index in [1.165, 1.54) is 24.3 Å². The van der Waals surface area contributed by atoms with Crippen molar-refractivity contribution in [3.63, 3.8) is 0 Å². The molecule has 160 valence electrons. The minimum absolute atomic E-state index is 0.00588. The van der Waals surface area contributed by atoms with Gasteiger partial charge in [-0.2, -0.15) is 0 Å². The Balaban J connectivity index is 1.77. The summed E-state index contributed by atoms with van der Waals surface area (Å²) < 4.78 is 11.6. The number of Topliss-reactive ketones (excluding diaryl/α,β-unsaturated/α-hetero) is 1. The Morgan fingerprint density at radius 3 is 2.30 bits per heavy atom. The Kier molecular flexibility index (Phi) is 5.39. The quantitative estimate of drug-likeness (QED) is 0.413. The molecule has 0 spiro atoms. The third kappa shape index (κ3) is 3.40. The molecule has 2 aliphatic rings. The molecule has 2 aromatic carbocycles. The number of phenolic OH excluding ortho intramolecular Hbond substituents is 2. The third-order valence-corrected chi connectivity index (χ3v) is 5.55. The summed E-state index contributed by atoms with van der Waals surface area (Å²) in [5, 5.41) is 60.1. The van der Waals surface area contributed by atoms with Crippen molar-refractivity contribution in [3.8, 4) is 17.2 Å². The first kappa shape index (κ1) is 20.6. The van der Waals surface area contributed by atoms with Crippen LogP contribution >= 0.6 is 0 Å². The van der Waals surface area contributed by atoms with E-state index in [0.29, 0.717) is 5.56 Å². The van der Waals surface area contributed by atoms with E-state index >= 15 is 0 Å². The molecule has 6 N–H and O–H groups in total. The minimum Gasteiger partial charge on any atom is -0.508 e. The van der Waals surface area contributed by atoms with Crippen LogP contribution in [0.4, 0.5) is 0 Å². The summed E-state index contributed by atoms with van der Waals surface area (Å²) in [7, 11) is 0. The molecule has 0 radical (unpaired) electrons. The lowest BCUT2D eigenvalue weighted by Gasteiger charge is -2.41. The maximum absolute atomic E-state index is 12.8. The van der Waals surface area contributed by atoms with Gasteiger partial charge in [-0.05, 0) is 29.8 Å². The largest absolute Gasteiger partial charge is 0.508 e. The average Bonchev–Trinajstić information content (AvgIpc) is 2.73. The van der Waals surface area contributed by atoms with Gasteiger partial charge in [0.15, 0.2) is 5.78 Å². The highest BCUT2D eigenvalue weighted by Crippen LogP contribution is 2.47. The first-order chi connectivity index (χ1) is 14.3. The molecule has 2 aromatic rings. The Bertz CT molecular complexity index is 940. The smallest absolute Gasteiger partial charge is 0.170 e. The van der Waals surface area contributed by atoms with Crippen LogP contribution in [0.5, 0.6) is 17.2 Å². The van der Waals surface area contributed by atoms with E-state index in [1.807, 2.05) is 0 Å². The summed E-state index contributed by atoms with van der Waals surface area (Å²) in [5.41, 5.74) is 0.742. The molecule has 30 heavy (non-hydrogen) atoms. The highest BCUT2D eigenvalue weighted by atomic mass is 16.5. The van der Waals surface area contributed by atoms with Crippen molar-refractivity contribution in [2.24, 2.45) is 0 Å². The summed E-state index contributed by atoms with van der Waals surface area (Å²) in [5.74, 6) is -0.549. The van der Waals surface area contributed by atoms with Crippen molar-refractivity contribution < 1.29 is 44.9 Å². The number of rotatable bonds is 3. The zero-order chi connectivity index (χ0) is 21.6. The van der Waals surface area contributed by atoms with Crippen LogP contribution in [-0.2, 0) is 4.74 Å². The van der Waals surface area contributed by atoms with E-state index in [0.717, 1.165) is 0 Å². The number of carbonyl (C=O) groups excluding carboxylic acids is 1. The minimum atomic E-state index is -1.65. The molecule has 0 saturated carbocycles. The zero-order valence-corrected chi connectivity index (χ0v) is 15.8. The van der Waals surface area contributed by atoms with Gasteiger partial charge >= 0.3 is 0 Å². The number of fused-ring (bicyclic) bond motifs is 1. The number of phenols is 2. The maximum atomic E-state index is 12.8. The Morgan fingerprint density at radius 2 is 1.63 bits per heavy atom. The van der Waals surface area contributed by atoms with E-state index in [1.54, 1.807) is 12.1 Å². The number of aliphatic hydroxyl groups excluding tert-OH is 4. The van der Waals surface area contributed by atoms with E-state index in [9.17, 15) is 35.4 Å². The van der Waals surface area contributed by atoms with Crippen LogP contribution in [0.1, 0.15) is 40.1 Å². The van der Waals surface area contributed by atoms with Crippen LogP contribution < -0.4 is 4.74 Å². The second kappa shape index (κ2) is 7.86. The molecular weight excluding hydrogens is 396 g/mol. The van der Waals surface area contributed by atoms with Crippen molar-refractivity contribution in [1.82, 2.24) is 0 Å². The molecule has 0 aromatic heterocycles. The summed E-state index contributed by atoms with van der Waals surface area (Å²) in [4.78, 5) is 12.8. The van der Waals surface area contributed by atoms with Crippen LogP contribution in [0, 0.1) is 0 Å². The number of aliphatic hydroxyl groups is 4. The fourth-order valence-electron chi connectivity index (χ4n) is 3.89. The lowest BCUT2D eigenvalue weighted by Crippen LogP contribution is -2.55. The SMILES string of the molecule is O=C1CC(c2ccc(O)cc2)Oc2c1ccc(O)c2C1O[C@H](CO)[C@H](O)[C@H](O)[C@H]1O. The molecule has 0 amide bonds. The Hall–Kier alpha value is -2.69. The summed E-state index contributed by atoms with van der Waals surface area (Å²) >= 11 is 0. The second-order valence-corrected chi connectivity index (χ2v) is 7.45. The number of hydrogen-bond donors (Lipinski definition) is 6. The number of carbonyl (C=O) groups is 1. The highest BCUT2D eigenvalue weighted by Gasteiger charge is 2.47. The van der Waals surface area contributed by atoms with Crippen molar-refractivity contribution in [2.75, 3.05) is 6.61 Å². The zero-order valence-electron chi connectivity index (χ0n) is 15.8. The number of hydrogen-bond acceptors (Lipinski definition) is 9. The van der Waals surface area contributed by atoms with Crippen LogP contribution in [0.25, 0.3) is 0 Å². The van der Waals surface area contributed by atoms with Crippen molar-refractivity contribution in [2.45, 2.75) is 43.0 Å². The molecule has 0 aliphatic carbocycles. The first-order valence-electron chi connectivity index (χ1n) is 9.47. The lowest BCUT2D eigenvalue weighted by molar-refractivity contribution is -0.232. The van der Waals surface area contributed by atoms with Gasteiger partial charge in [0.25, 0.3) is 0 Å². The second-order valence-electron chi connectivity index (χ2n) is 7.45. The fraction of sp³-hybridized carbons (Fsp3) is 0.381. The average molecular weight is 418 g/mol. The Labute approximate surface area is 171 Å². The number of benzene rings is 2. The van der Waals surface area contributed by atoms with Gasteiger partial charge in [-0.15, -0.1) is 0 Å². The van der Waals surface area contributed by atoms with Gasteiger partial charge < -0.3 is 40.1 Å². The van der Waals surface area contributed by atoms with E-state index < -0.39 is 43.2 Å². The number of ketones is 1. The lowest BCUT2D eigenvalue weighted by atomic mass is 9.87. The van der Waals surface area contributed by atoms with Gasteiger partial charge in [0.2, 0.25) is 0 Å². The molecule has 2 unspecified atom stereocenters. The van der Waals surface area contributed by atoms with Gasteiger partial charge in [0, 0.05) is 0 Å². The predicted molar refractivity (Wildman–Crippen MR) is 101 cm³/mol. The number of ether oxygens (including phenoxy) is 2. The summed E-state index contributed by atoms with van der Waals surface area (Å²) in [6, 6.07) is 8.79. The standard InChI is InChI=1S/C21H22O9/c22-8-15-17(26)18(27)19(28)21(30-15)16-12(24)6-5-11-13(25)7-14(29-20(11)16)9-1-3-10(23)4-2-9/h1-6,14-15,17-19,21-24,26-28H,7-8H2/t14?,15-,17+,18+,19-,21?/m1/s1.